The molecule has 0 aliphatic heterocycles. The molecular formula is C10H20O6. The Hall–Kier alpha value is -0.530. The van der Waals surface area contributed by atoms with E-state index in [-0.39, 0.29) is 0 Å². The van der Waals surface area contributed by atoms with E-state index in [1.807, 2.05) is 6.92 Å². The summed E-state index contributed by atoms with van der Waals surface area (Å²) in [5.41, 5.74) is 0. The first-order chi connectivity index (χ1) is 7.58. The first-order valence-corrected chi connectivity index (χ1v) is 5.30. The normalized spacial score (nSPS) is 18.8. The molecule has 6 nitrogen and oxygen atoms in total. The van der Waals surface area contributed by atoms with Crippen molar-refractivity contribution in [2.75, 3.05) is 13.2 Å². The standard InChI is InChI=1S/C10H20O6/c1-2-3-4-16-8(6-12)10(15)9(14)7(13)5-11/h6-11,13-15H,2-5H2,1H3/t7-,8-,9-,10-/m1/s1. The van der Waals surface area contributed by atoms with E-state index in [4.69, 9.17) is 14.9 Å². The predicted molar refractivity (Wildman–Crippen MR) is 55.8 cm³/mol. The molecule has 0 unspecified atom stereocenters. The molecule has 16 heavy (non-hydrogen) atoms. The fraction of sp³-hybridized carbons (Fsp3) is 0.900. The van der Waals surface area contributed by atoms with Crippen LogP contribution in [0.25, 0.3) is 0 Å². The maximum atomic E-state index is 10.6. The van der Waals surface area contributed by atoms with E-state index in [0.717, 1.165) is 12.8 Å². The van der Waals surface area contributed by atoms with Crippen LogP contribution in [-0.2, 0) is 9.53 Å². The van der Waals surface area contributed by atoms with Crippen LogP contribution in [-0.4, -0.2) is 64.3 Å². The largest absolute Gasteiger partial charge is 0.394 e. The van der Waals surface area contributed by atoms with Gasteiger partial charge in [-0.15, -0.1) is 0 Å². The van der Waals surface area contributed by atoms with Crippen LogP contribution in [0.1, 0.15) is 19.8 Å². The van der Waals surface area contributed by atoms with Gasteiger partial charge in [-0.3, -0.25) is 0 Å². The van der Waals surface area contributed by atoms with Crippen LogP contribution in [0.5, 0.6) is 0 Å². The highest BCUT2D eigenvalue weighted by molar-refractivity contribution is 5.57. The number of carbonyl (C=O) groups excluding carboxylic acids is 1. The Morgan fingerprint density at radius 3 is 2.31 bits per heavy atom. The van der Waals surface area contributed by atoms with E-state index in [9.17, 15) is 15.0 Å². The highest BCUT2D eigenvalue weighted by atomic mass is 16.5. The SMILES string of the molecule is CCCCO[C@H](C=O)[C@@H](O)[C@H](O)[C@H](O)CO. The number of rotatable bonds is 9. The molecule has 0 bridgehead atoms. The summed E-state index contributed by atoms with van der Waals surface area (Å²) in [6, 6.07) is 0. The fourth-order valence-corrected chi connectivity index (χ4v) is 1.11. The molecule has 0 amide bonds. The van der Waals surface area contributed by atoms with E-state index in [1.165, 1.54) is 0 Å². The summed E-state index contributed by atoms with van der Waals surface area (Å²) >= 11 is 0. The lowest BCUT2D eigenvalue weighted by molar-refractivity contribution is -0.146. The topological polar surface area (TPSA) is 107 Å². The summed E-state index contributed by atoms with van der Waals surface area (Å²) in [7, 11) is 0. The molecule has 0 aromatic heterocycles. The highest BCUT2D eigenvalue weighted by Gasteiger charge is 2.31. The zero-order valence-electron chi connectivity index (χ0n) is 9.32. The van der Waals surface area contributed by atoms with Crippen molar-refractivity contribution in [2.24, 2.45) is 0 Å². The number of hydrogen-bond acceptors (Lipinski definition) is 6. The number of aldehydes is 1. The van der Waals surface area contributed by atoms with Gasteiger partial charge in [0.1, 0.15) is 24.4 Å². The summed E-state index contributed by atoms with van der Waals surface area (Å²) < 4.78 is 5.04. The minimum absolute atomic E-state index is 0.291. The smallest absolute Gasteiger partial charge is 0.151 e. The molecule has 0 aromatic rings. The minimum Gasteiger partial charge on any atom is -0.394 e. The molecule has 0 spiro atoms. The highest BCUT2D eigenvalue weighted by Crippen LogP contribution is 2.07. The lowest BCUT2D eigenvalue weighted by atomic mass is 10.0. The molecule has 0 aliphatic carbocycles. The molecule has 0 aliphatic rings. The lowest BCUT2D eigenvalue weighted by Crippen LogP contribution is -2.47. The van der Waals surface area contributed by atoms with Gasteiger partial charge in [0.25, 0.3) is 0 Å². The first kappa shape index (κ1) is 15.5. The molecule has 0 fully saturated rings. The molecule has 6 heteroatoms. The summed E-state index contributed by atoms with van der Waals surface area (Å²) in [6.07, 6.45) is -3.86. The van der Waals surface area contributed by atoms with Crippen molar-refractivity contribution in [2.45, 2.75) is 44.2 Å². The zero-order chi connectivity index (χ0) is 12.6. The number of aliphatic hydroxyl groups is 4. The van der Waals surface area contributed by atoms with Gasteiger partial charge in [0.2, 0.25) is 0 Å². The number of aliphatic hydroxyl groups excluding tert-OH is 4. The van der Waals surface area contributed by atoms with Crippen LogP contribution in [0.15, 0.2) is 0 Å². The average Bonchev–Trinajstić information content (AvgIpc) is 2.32. The van der Waals surface area contributed by atoms with Crippen molar-refractivity contribution in [3.63, 3.8) is 0 Å². The molecule has 4 atom stereocenters. The Morgan fingerprint density at radius 1 is 1.25 bits per heavy atom. The summed E-state index contributed by atoms with van der Waals surface area (Å²) in [5.74, 6) is 0. The van der Waals surface area contributed by atoms with E-state index < -0.39 is 31.0 Å². The third-order valence-electron chi connectivity index (χ3n) is 2.21. The van der Waals surface area contributed by atoms with Crippen molar-refractivity contribution in [3.8, 4) is 0 Å². The molecular weight excluding hydrogens is 216 g/mol. The predicted octanol–water partition coefficient (Wildman–Crippen LogP) is -1.55. The van der Waals surface area contributed by atoms with Crippen LogP contribution in [0.2, 0.25) is 0 Å². The van der Waals surface area contributed by atoms with Gasteiger partial charge in [-0.1, -0.05) is 13.3 Å². The van der Waals surface area contributed by atoms with E-state index >= 15 is 0 Å². The van der Waals surface area contributed by atoms with Crippen LogP contribution >= 0.6 is 0 Å². The molecule has 96 valence electrons. The number of hydrogen-bond donors (Lipinski definition) is 4. The zero-order valence-corrected chi connectivity index (χ0v) is 9.32. The minimum atomic E-state index is -1.61. The quantitative estimate of drug-likeness (QED) is 0.285. The second-order valence-electron chi connectivity index (χ2n) is 3.56. The van der Waals surface area contributed by atoms with Gasteiger partial charge >= 0.3 is 0 Å². The number of unbranched alkanes of at least 4 members (excludes halogenated alkanes) is 1. The number of ether oxygens (including phenoxy) is 1. The Kier molecular flexibility index (Phi) is 8.32. The summed E-state index contributed by atoms with van der Waals surface area (Å²) in [4.78, 5) is 10.6. The van der Waals surface area contributed by atoms with Crippen LogP contribution < -0.4 is 0 Å². The summed E-state index contributed by atoms with van der Waals surface area (Å²) in [5, 5.41) is 36.5. The average molecular weight is 236 g/mol. The Morgan fingerprint density at radius 2 is 1.88 bits per heavy atom. The van der Waals surface area contributed by atoms with E-state index in [0.29, 0.717) is 12.9 Å². The molecule has 4 N–H and O–H groups in total. The second kappa shape index (κ2) is 8.60. The van der Waals surface area contributed by atoms with Crippen LogP contribution in [0.3, 0.4) is 0 Å². The maximum absolute atomic E-state index is 10.6. The molecule has 0 heterocycles. The Balaban J connectivity index is 4.17. The van der Waals surface area contributed by atoms with Gasteiger partial charge in [-0.25, -0.2) is 0 Å². The van der Waals surface area contributed by atoms with Crippen molar-refractivity contribution in [1.29, 1.82) is 0 Å². The van der Waals surface area contributed by atoms with E-state index in [1.54, 1.807) is 0 Å². The second-order valence-corrected chi connectivity index (χ2v) is 3.56. The monoisotopic (exact) mass is 236 g/mol. The lowest BCUT2D eigenvalue weighted by Gasteiger charge is -2.25. The molecule has 0 aromatic carbocycles. The van der Waals surface area contributed by atoms with E-state index in [2.05, 4.69) is 0 Å². The van der Waals surface area contributed by atoms with Gasteiger partial charge in [-0.05, 0) is 6.42 Å². The van der Waals surface area contributed by atoms with Crippen molar-refractivity contribution in [3.05, 3.63) is 0 Å². The Bertz CT molecular complexity index is 186. The molecule has 0 rings (SSSR count). The van der Waals surface area contributed by atoms with Crippen molar-refractivity contribution >= 4 is 6.29 Å². The van der Waals surface area contributed by atoms with Gasteiger partial charge in [0, 0.05) is 6.61 Å². The molecule has 0 radical (unpaired) electrons. The third-order valence-corrected chi connectivity index (χ3v) is 2.21. The van der Waals surface area contributed by atoms with Gasteiger partial charge in [-0.2, -0.15) is 0 Å². The summed E-state index contributed by atoms with van der Waals surface area (Å²) in [6.45, 7) is 1.54. The first-order valence-electron chi connectivity index (χ1n) is 5.30. The van der Waals surface area contributed by atoms with Gasteiger partial charge < -0.3 is 30.0 Å². The fourth-order valence-electron chi connectivity index (χ4n) is 1.11. The third kappa shape index (κ3) is 5.00. The number of carbonyl (C=O) groups is 1. The molecule has 0 saturated carbocycles. The maximum Gasteiger partial charge on any atom is 0.151 e. The van der Waals surface area contributed by atoms with Crippen LogP contribution in [0.4, 0.5) is 0 Å². The van der Waals surface area contributed by atoms with Crippen molar-refractivity contribution < 1.29 is 30.0 Å². The Labute approximate surface area is 94.5 Å². The molecule has 0 saturated heterocycles. The van der Waals surface area contributed by atoms with Gasteiger partial charge in [0.15, 0.2) is 6.29 Å². The van der Waals surface area contributed by atoms with Gasteiger partial charge in [0.05, 0.1) is 6.61 Å². The van der Waals surface area contributed by atoms with Crippen molar-refractivity contribution in [1.82, 2.24) is 0 Å². The van der Waals surface area contributed by atoms with Crippen LogP contribution in [0, 0.1) is 0 Å².